The lowest BCUT2D eigenvalue weighted by atomic mass is 10.0. The first-order valence-corrected chi connectivity index (χ1v) is 5.07. The molecule has 0 aromatic heterocycles. The van der Waals surface area contributed by atoms with E-state index in [1.165, 1.54) is 0 Å². The highest BCUT2D eigenvalue weighted by atomic mass is 16.5. The number of ether oxygens (including phenoxy) is 1. The van der Waals surface area contributed by atoms with E-state index in [4.69, 9.17) is 4.74 Å². The number of carbonyl (C=O) groups excluding carboxylic acids is 1. The molecule has 0 radical (unpaired) electrons. The Kier molecular flexibility index (Phi) is 3.31. The minimum atomic E-state index is -0.434. The fraction of sp³-hybridized carbons (Fsp3) is 0.900. The predicted octanol–water partition coefficient (Wildman–Crippen LogP) is 1.47. The van der Waals surface area contributed by atoms with Crippen molar-refractivity contribution in [2.24, 2.45) is 0 Å². The van der Waals surface area contributed by atoms with Crippen molar-refractivity contribution < 1.29 is 9.53 Å². The van der Waals surface area contributed by atoms with Crippen molar-refractivity contribution in [3.05, 3.63) is 0 Å². The standard InChI is InChI=1S/C10H19NO2/c1-4-8-6-7-10(3,11-8)9(12)13-5-2/h8,11H,4-7H2,1-3H3. The number of esters is 1. The zero-order chi connectivity index (χ0) is 9.90. The molecule has 1 saturated heterocycles. The molecule has 1 heterocycles. The van der Waals surface area contributed by atoms with Gasteiger partial charge in [-0.25, -0.2) is 0 Å². The van der Waals surface area contributed by atoms with E-state index in [2.05, 4.69) is 12.2 Å². The van der Waals surface area contributed by atoms with Crippen LogP contribution in [-0.2, 0) is 9.53 Å². The van der Waals surface area contributed by atoms with Crippen molar-refractivity contribution in [2.45, 2.75) is 51.6 Å². The molecular weight excluding hydrogens is 166 g/mol. The first kappa shape index (κ1) is 10.5. The third-order valence-electron chi connectivity index (χ3n) is 2.73. The fourth-order valence-corrected chi connectivity index (χ4v) is 1.82. The van der Waals surface area contributed by atoms with Crippen LogP contribution in [0.25, 0.3) is 0 Å². The highest BCUT2D eigenvalue weighted by Gasteiger charge is 2.40. The molecule has 2 atom stereocenters. The second-order valence-corrected chi connectivity index (χ2v) is 3.84. The van der Waals surface area contributed by atoms with Crippen LogP contribution in [0.3, 0.4) is 0 Å². The van der Waals surface area contributed by atoms with E-state index >= 15 is 0 Å². The molecule has 2 unspecified atom stereocenters. The Morgan fingerprint density at radius 3 is 2.77 bits per heavy atom. The Morgan fingerprint density at radius 2 is 2.31 bits per heavy atom. The SMILES string of the molecule is CCOC(=O)C1(C)CCC(CC)N1. The van der Waals surface area contributed by atoms with Gasteiger partial charge in [-0.05, 0) is 33.1 Å². The van der Waals surface area contributed by atoms with Crippen LogP contribution in [0.5, 0.6) is 0 Å². The van der Waals surface area contributed by atoms with Gasteiger partial charge in [0.15, 0.2) is 0 Å². The number of hydrogen-bond acceptors (Lipinski definition) is 3. The van der Waals surface area contributed by atoms with Gasteiger partial charge in [-0.2, -0.15) is 0 Å². The van der Waals surface area contributed by atoms with Crippen LogP contribution in [0.4, 0.5) is 0 Å². The van der Waals surface area contributed by atoms with Gasteiger partial charge >= 0.3 is 5.97 Å². The molecule has 13 heavy (non-hydrogen) atoms. The molecule has 0 aliphatic carbocycles. The minimum absolute atomic E-state index is 0.106. The smallest absolute Gasteiger partial charge is 0.326 e. The zero-order valence-electron chi connectivity index (χ0n) is 8.72. The molecule has 3 heteroatoms. The van der Waals surface area contributed by atoms with Gasteiger partial charge in [0.1, 0.15) is 5.54 Å². The van der Waals surface area contributed by atoms with E-state index < -0.39 is 5.54 Å². The van der Waals surface area contributed by atoms with Gasteiger partial charge in [-0.1, -0.05) is 6.92 Å². The maximum atomic E-state index is 11.5. The fourth-order valence-electron chi connectivity index (χ4n) is 1.82. The molecule has 1 aliphatic heterocycles. The summed E-state index contributed by atoms with van der Waals surface area (Å²) in [6.07, 6.45) is 3.05. The molecule has 0 amide bonds. The molecule has 1 fully saturated rings. The third-order valence-corrected chi connectivity index (χ3v) is 2.73. The Bertz CT molecular complexity index is 193. The molecule has 3 nitrogen and oxygen atoms in total. The molecule has 0 saturated carbocycles. The van der Waals surface area contributed by atoms with E-state index in [9.17, 15) is 4.79 Å². The lowest BCUT2D eigenvalue weighted by molar-refractivity contribution is -0.149. The zero-order valence-corrected chi connectivity index (χ0v) is 8.72. The summed E-state index contributed by atoms with van der Waals surface area (Å²) in [5.74, 6) is -0.106. The highest BCUT2D eigenvalue weighted by Crippen LogP contribution is 2.25. The molecule has 0 aromatic carbocycles. The van der Waals surface area contributed by atoms with Gasteiger partial charge in [0, 0.05) is 6.04 Å². The highest BCUT2D eigenvalue weighted by molar-refractivity contribution is 5.80. The summed E-state index contributed by atoms with van der Waals surface area (Å²) in [6, 6.07) is 0.481. The second kappa shape index (κ2) is 4.09. The van der Waals surface area contributed by atoms with Crippen molar-refractivity contribution in [3.63, 3.8) is 0 Å². The van der Waals surface area contributed by atoms with Crippen molar-refractivity contribution in [3.8, 4) is 0 Å². The topological polar surface area (TPSA) is 38.3 Å². The van der Waals surface area contributed by atoms with Crippen LogP contribution in [0.15, 0.2) is 0 Å². The summed E-state index contributed by atoms with van der Waals surface area (Å²) in [4.78, 5) is 11.5. The van der Waals surface area contributed by atoms with Crippen LogP contribution >= 0.6 is 0 Å². The van der Waals surface area contributed by atoms with Gasteiger partial charge in [0.25, 0.3) is 0 Å². The lowest BCUT2D eigenvalue weighted by Crippen LogP contribution is -2.48. The number of carbonyl (C=O) groups is 1. The summed E-state index contributed by atoms with van der Waals surface area (Å²) in [7, 11) is 0. The summed E-state index contributed by atoms with van der Waals surface area (Å²) in [5.41, 5.74) is -0.434. The van der Waals surface area contributed by atoms with Crippen molar-refractivity contribution >= 4 is 5.97 Å². The first-order valence-electron chi connectivity index (χ1n) is 5.07. The maximum Gasteiger partial charge on any atom is 0.326 e. The van der Waals surface area contributed by atoms with Crippen molar-refractivity contribution in [1.29, 1.82) is 0 Å². The number of hydrogen-bond donors (Lipinski definition) is 1. The molecule has 0 bridgehead atoms. The first-order chi connectivity index (χ1) is 6.12. The van der Waals surface area contributed by atoms with E-state index in [1.54, 1.807) is 0 Å². The van der Waals surface area contributed by atoms with Crippen molar-refractivity contribution in [1.82, 2.24) is 5.32 Å². The summed E-state index contributed by atoms with van der Waals surface area (Å²) >= 11 is 0. The molecule has 0 spiro atoms. The number of rotatable bonds is 3. The van der Waals surface area contributed by atoms with Gasteiger partial charge in [0.2, 0.25) is 0 Å². The van der Waals surface area contributed by atoms with Crippen molar-refractivity contribution in [2.75, 3.05) is 6.61 Å². The van der Waals surface area contributed by atoms with Crippen LogP contribution in [0.2, 0.25) is 0 Å². The summed E-state index contributed by atoms with van der Waals surface area (Å²) in [6.45, 7) is 6.37. The molecule has 76 valence electrons. The van der Waals surface area contributed by atoms with Gasteiger partial charge in [0.05, 0.1) is 6.61 Å². The molecule has 1 rings (SSSR count). The average Bonchev–Trinajstić information content (AvgIpc) is 2.49. The van der Waals surface area contributed by atoms with Crippen LogP contribution in [0.1, 0.15) is 40.0 Å². The minimum Gasteiger partial charge on any atom is -0.465 e. The van der Waals surface area contributed by atoms with Crippen LogP contribution < -0.4 is 5.32 Å². The summed E-state index contributed by atoms with van der Waals surface area (Å²) < 4.78 is 5.02. The van der Waals surface area contributed by atoms with Crippen LogP contribution in [0, 0.1) is 0 Å². The Morgan fingerprint density at radius 1 is 1.62 bits per heavy atom. The quantitative estimate of drug-likeness (QED) is 0.677. The van der Waals surface area contributed by atoms with Gasteiger partial charge < -0.3 is 4.74 Å². The normalized spacial score (nSPS) is 33.3. The molecular formula is C10H19NO2. The largest absolute Gasteiger partial charge is 0.465 e. The maximum absolute atomic E-state index is 11.5. The second-order valence-electron chi connectivity index (χ2n) is 3.84. The Hall–Kier alpha value is -0.570. The average molecular weight is 185 g/mol. The van der Waals surface area contributed by atoms with Gasteiger partial charge in [-0.15, -0.1) is 0 Å². The monoisotopic (exact) mass is 185 g/mol. The van der Waals surface area contributed by atoms with Crippen LogP contribution in [-0.4, -0.2) is 24.2 Å². The van der Waals surface area contributed by atoms with E-state index in [1.807, 2.05) is 13.8 Å². The third kappa shape index (κ3) is 2.21. The molecule has 0 aromatic rings. The van der Waals surface area contributed by atoms with E-state index in [-0.39, 0.29) is 5.97 Å². The Labute approximate surface area is 79.8 Å². The summed E-state index contributed by atoms with van der Waals surface area (Å²) in [5, 5.41) is 3.33. The molecule has 1 aliphatic rings. The molecule has 1 N–H and O–H groups in total. The van der Waals surface area contributed by atoms with E-state index in [0.717, 1.165) is 19.3 Å². The lowest BCUT2D eigenvalue weighted by Gasteiger charge is -2.23. The Balaban J connectivity index is 2.53. The number of nitrogens with one attached hydrogen (secondary N) is 1. The van der Waals surface area contributed by atoms with E-state index in [0.29, 0.717) is 12.6 Å². The van der Waals surface area contributed by atoms with Gasteiger partial charge in [-0.3, -0.25) is 10.1 Å². The predicted molar refractivity (Wildman–Crippen MR) is 51.5 cm³/mol.